The molecule has 2 heterocycles. The molecule has 0 N–H and O–H groups in total. The number of para-hydroxylation sites is 4. The maximum atomic E-state index is 6.19. The average Bonchev–Trinajstić information content (AvgIpc) is 3.42. The van der Waals surface area contributed by atoms with Crippen LogP contribution in [0.25, 0.3) is 34.3 Å². The summed E-state index contributed by atoms with van der Waals surface area (Å²) in [5, 5.41) is 0. The summed E-state index contributed by atoms with van der Waals surface area (Å²) in [4.78, 5) is 11.5. The fourth-order valence-corrected chi connectivity index (χ4v) is 5.45. The van der Waals surface area contributed by atoms with Gasteiger partial charge in [0.1, 0.15) is 0 Å². The molecule has 6 aromatic rings. The van der Waals surface area contributed by atoms with E-state index in [-0.39, 0.29) is 0 Å². The van der Waals surface area contributed by atoms with E-state index < -0.39 is 0 Å². The average molecular weight is 545 g/mol. The van der Waals surface area contributed by atoms with Crippen LogP contribution in [-0.2, 0) is 0 Å². The lowest BCUT2D eigenvalue weighted by molar-refractivity contribution is 0.477. The van der Waals surface area contributed by atoms with Crippen LogP contribution in [-0.4, -0.2) is 16.3 Å². The van der Waals surface area contributed by atoms with Gasteiger partial charge in [-0.1, -0.05) is 97.1 Å². The lowest BCUT2D eigenvalue weighted by atomic mass is 10.0. The number of allylic oxidation sites excluding steroid dienone is 1. The maximum absolute atomic E-state index is 6.19. The van der Waals surface area contributed by atoms with Gasteiger partial charge in [0.15, 0.2) is 11.5 Å². The smallest absolute Gasteiger partial charge is 0.234 e. The van der Waals surface area contributed by atoms with Crippen LogP contribution < -0.4 is 9.64 Å². The van der Waals surface area contributed by atoms with Crippen molar-refractivity contribution in [3.63, 3.8) is 0 Å². The van der Waals surface area contributed by atoms with Crippen molar-refractivity contribution in [2.45, 2.75) is 6.92 Å². The van der Waals surface area contributed by atoms with E-state index in [1.165, 1.54) is 0 Å². The van der Waals surface area contributed by atoms with Crippen molar-refractivity contribution in [2.24, 2.45) is 4.99 Å². The lowest BCUT2D eigenvalue weighted by Gasteiger charge is -2.32. The van der Waals surface area contributed by atoms with Crippen molar-refractivity contribution in [2.75, 3.05) is 4.90 Å². The standard InChI is InChI=1S/C37H28N4O/c1-26(25-40-36(29-15-7-4-8-16-29)35(39-37(40)38-2)28-13-5-3-6-14-28)27-21-23-30(24-22-27)41-31-17-9-11-19-33(31)42-34-20-12-10-18-32(34)41/h3-25H,2H2,1H3/b26-25+. The Morgan fingerprint density at radius 1 is 0.690 bits per heavy atom. The molecule has 202 valence electrons. The van der Waals surface area contributed by atoms with Gasteiger partial charge in [0.05, 0.1) is 22.8 Å². The molecule has 0 saturated heterocycles. The number of ether oxygens (including phenoxy) is 1. The third kappa shape index (κ3) is 4.47. The Bertz CT molecular complexity index is 1880. The van der Waals surface area contributed by atoms with E-state index >= 15 is 0 Å². The second-order valence-corrected chi connectivity index (χ2v) is 10.1. The largest absolute Gasteiger partial charge is 0.453 e. The number of rotatable bonds is 6. The second-order valence-electron chi connectivity index (χ2n) is 10.1. The molecule has 1 aliphatic heterocycles. The number of benzene rings is 5. The Morgan fingerprint density at radius 2 is 1.24 bits per heavy atom. The van der Waals surface area contributed by atoms with Crippen molar-refractivity contribution in [3.05, 3.63) is 139 Å². The maximum Gasteiger partial charge on any atom is 0.234 e. The topological polar surface area (TPSA) is 42.7 Å². The molecule has 1 aromatic heterocycles. The van der Waals surface area contributed by atoms with Crippen LogP contribution in [0.4, 0.5) is 23.0 Å². The van der Waals surface area contributed by atoms with Crippen LogP contribution in [0.1, 0.15) is 12.5 Å². The zero-order valence-electron chi connectivity index (χ0n) is 23.2. The minimum Gasteiger partial charge on any atom is -0.453 e. The molecule has 0 aliphatic carbocycles. The van der Waals surface area contributed by atoms with E-state index in [0.29, 0.717) is 5.95 Å². The lowest BCUT2D eigenvalue weighted by Crippen LogP contribution is -2.15. The molecule has 0 atom stereocenters. The summed E-state index contributed by atoms with van der Waals surface area (Å²) < 4.78 is 8.23. The van der Waals surface area contributed by atoms with Gasteiger partial charge in [0, 0.05) is 23.0 Å². The molecular weight excluding hydrogens is 516 g/mol. The van der Waals surface area contributed by atoms with Crippen molar-refractivity contribution in [3.8, 4) is 34.0 Å². The molecule has 1 aliphatic rings. The number of aromatic nitrogens is 2. The van der Waals surface area contributed by atoms with Crippen LogP contribution in [0, 0.1) is 0 Å². The van der Waals surface area contributed by atoms with E-state index in [2.05, 4.69) is 90.4 Å². The van der Waals surface area contributed by atoms with Gasteiger partial charge >= 0.3 is 0 Å². The minimum atomic E-state index is 0.546. The van der Waals surface area contributed by atoms with Crippen LogP contribution in [0.5, 0.6) is 11.5 Å². The third-order valence-electron chi connectivity index (χ3n) is 7.46. The Hall–Kier alpha value is -5.68. The fraction of sp³-hybridized carbons (Fsp3) is 0.0270. The van der Waals surface area contributed by atoms with Gasteiger partial charge in [-0.15, -0.1) is 0 Å². The molecule has 5 heteroatoms. The van der Waals surface area contributed by atoms with Gasteiger partial charge in [0.2, 0.25) is 5.95 Å². The number of hydrogen-bond acceptors (Lipinski definition) is 4. The molecule has 7 rings (SSSR count). The normalized spacial score (nSPS) is 12.3. The molecule has 5 nitrogen and oxygen atoms in total. The second kappa shape index (κ2) is 10.7. The van der Waals surface area contributed by atoms with Crippen LogP contribution >= 0.6 is 0 Å². The van der Waals surface area contributed by atoms with Gasteiger partial charge in [-0.05, 0) is 61.2 Å². The molecule has 0 spiro atoms. The zero-order valence-corrected chi connectivity index (χ0v) is 23.2. The first-order valence-corrected chi connectivity index (χ1v) is 13.9. The molecule has 0 radical (unpaired) electrons. The van der Waals surface area contributed by atoms with Crippen molar-refractivity contribution in [1.29, 1.82) is 0 Å². The Morgan fingerprint density at radius 3 is 1.83 bits per heavy atom. The highest BCUT2D eigenvalue weighted by molar-refractivity contribution is 5.88. The van der Waals surface area contributed by atoms with Crippen LogP contribution in [0.3, 0.4) is 0 Å². The summed E-state index contributed by atoms with van der Waals surface area (Å²) >= 11 is 0. The molecule has 0 saturated carbocycles. The first kappa shape index (κ1) is 25.3. The monoisotopic (exact) mass is 544 g/mol. The molecule has 0 unspecified atom stereocenters. The Kier molecular flexibility index (Phi) is 6.45. The van der Waals surface area contributed by atoms with Gasteiger partial charge in [-0.25, -0.2) is 9.98 Å². The van der Waals surface area contributed by atoms with Crippen molar-refractivity contribution >= 4 is 41.5 Å². The summed E-state index contributed by atoms with van der Waals surface area (Å²) in [6, 6.07) is 45.4. The first-order chi connectivity index (χ1) is 20.7. The molecule has 0 amide bonds. The van der Waals surface area contributed by atoms with Crippen molar-refractivity contribution < 1.29 is 4.74 Å². The predicted molar refractivity (Wildman–Crippen MR) is 173 cm³/mol. The SMILES string of the molecule is C=Nc1nc(-c2ccccc2)c(-c2ccccc2)n1/C=C(\C)c1ccc(N2c3ccccc3Oc3ccccc32)cc1. The summed E-state index contributed by atoms with van der Waals surface area (Å²) in [5.41, 5.74) is 9.18. The molecule has 0 bridgehead atoms. The number of anilines is 3. The fourth-order valence-electron chi connectivity index (χ4n) is 5.45. The zero-order chi connectivity index (χ0) is 28.5. The molecule has 5 aromatic carbocycles. The van der Waals surface area contributed by atoms with Crippen LogP contribution in [0.2, 0.25) is 0 Å². The van der Waals surface area contributed by atoms with E-state index in [1.807, 2.05) is 77.4 Å². The van der Waals surface area contributed by atoms with Gasteiger partial charge < -0.3 is 9.64 Å². The van der Waals surface area contributed by atoms with Crippen LogP contribution in [0.15, 0.2) is 138 Å². The highest BCUT2D eigenvalue weighted by atomic mass is 16.5. The highest BCUT2D eigenvalue weighted by Crippen LogP contribution is 2.50. The summed E-state index contributed by atoms with van der Waals surface area (Å²) in [5.74, 6) is 2.22. The first-order valence-electron chi connectivity index (χ1n) is 13.9. The highest BCUT2D eigenvalue weighted by Gasteiger charge is 2.25. The molecular formula is C37H28N4O. The number of imidazole rings is 1. The Balaban J connectivity index is 1.30. The van der Waals surface area contributed by atoms with Gasteiger partial charge in [-0.3, -0.25) is 4.57 Å². The third-order valence-corrected chi connectivity index (χ3v) is 7.46. The summed E-state index contributed by atoms with van der Waals surface area (Å²) in [6.07, 6.45) is 2.10. The molecule has 0 fully saturated rings. The van der Waals surface area contributed by atoms with E-state index in [1.54, 1.807) is 0 Å². The number of nitrogens with zero attached hydrogens (tertiary/aromatic N) is 4. The minimum absolute atomic E-state index is 0.546. The predicted octanol–water partition coefficient (Wildman–Crippen LogP) is 10.1. The van der Waals surface area contributed by atoms with Gasteiger partial charge in [0.25, 0.3) is 0 Å². The van der Waals surface area contributed by atoms with E-state index in [4.69, 9.17) is 9.72 Å². The quantitative estimate of drug-likeness (QED) is 0.196. The van der Waals surface area contributed by atoms with Gasteiger partial charge in [-0.2, -0.15) is 0 Å². The van der Waals surface area contributed by atoms with Crippen molar-refractivity contribution in [1.82, 2.24) is 9.55 Å². The number of hydrogen-bond donors (Lipinski definition) is 0. The van der Waals surface area contributed by atoms with E-state index in [0.717, 1.165) is 62.2 Å². The van der Waals surface area contributed by atoms with E-state index in [9.17, 15) is 0 Å². The Labute approximate surface area is 245 Å². The number of fused-ring (bicyclic) bond motifs is 2. The summed E-state index contributed by atoms with van der Waals surface area (Å²) in [6.45, 7) is 5.94. The summed E-state index contributed by atoms with van der Waals surface area (Å²) in [7, 11) is 0. The number of aliphatic imine (C=N–C) groups is 1. The molecule has 42 heavy (non-hydrogen) atoms.